The number of carbonyl (C=O) groups excluding carboxylic acids is 1. The molecule has 1 unspecified atom stereocenters. The first kappa shape index (κ1) is 12.1. The highest BCUT2D eigenvalue weighted by molar-refractivity contribution is 5.87. The molecule has 1 aromatic carbocycles. The smallest absolute Gasteiger partial charge is 0.240 e. The fraction of sp³-hybridized carbons (Fsp3) is 0.500. The lowest BCUT2D eigenvalue weighted by Gasteiger charge is -2.37. The maximum absolute atomic E-state index is 12.1. The van der Waals surface area contributed by atoms with Gasteiger partial charge in [-0.1, -0.05) is 37.3 Å². The SMILES string of the molecule is CCC(NC(=O)C1(N)CCC1)c1ccccc1. The van der Waals surface area contributed by atoms with E-state index in [1.165, 1.54) is 0 Å². The summed E-state index contributed by atoms with van der Waals surface area (Å²) in [5.41, 5.74) is 6.55. The van der Waals surface area contributed by atoms with Crippen LogP contribution in [0.25, 0.3) is 0 Å². The molecule has 3 nitrogen and oxygen atoms in total. The van der Waals surface area contributed by atoms with Crippen LogP contribution < -0.4 is 11.1 Å². The monoisotopic (exact) mass is 232 g/mol. The number of amides is 1. The molecule has 0 bridgehead atoms. The van der Waals surface area contributed by atoms with Crippen molar-refractivity contribution in [1.82, 2.24) is 5.32 Å². The quantitative estimate of drug-likeness (QED) is 0.835. The summed E-state index contributed by atoms with van der Waals surface area (Å²) in [5, 5.41) is 3.06. The normalized spacial score (nSPS) is 19.2. The van der Waals surface area contributed by atoms with Crippen molar-refractivity contribution >= 4 is 5.91 Å². The first-order valence-electron chi connectivity index (χ1n) is 6.30. The van der Waals surface area contributed by atoms with Crippen molar-refractivity contribution < 1.29 is 4.79 Å². The van der Waals surface area contributed by atoms with E-state index in [0.717, 1.165) is 31.2 Å². The van der Waals surface area contributed by atoms with Crippen molar-refractivity contribution in [3.8, 4) is 0 Å². The Kier molecular flexibility index (Phi) is 3.48. The third-order valence-corrected chi connectivity index (χ3v) is 3.61. The molecule has 1 saturated carbocycles. The van der Waals surface area contributed by atoms with Gasteiger partial charge in [0.05, 0.1) is 11.6 Å². The van der Waals surface area contributed by atoms with Gasteiger partial charge < -0.3 is 11.1 Å². The largest absolute Gasteiger partial charge is 0.348 e. The zero-order valence-electron chi connectivity index (χ0n) is 10.3. The molecule has 0 aromatic heterocycles. The van der Waals surface area contributed by atoms with Crippen molar-refractivity contribution in [3.05, 3.63) is 35.9 Å². The molecular weight excluding hydrogens is 212 g/mol. The molecule has 0 radical (unpaired) electrons. The second kappa shape index (κ2) is 4.88. The molecule has 3 N–H and O–H groups in total. The lowest BCUT2D eigenvalue weighted by Crippen LogP contribution is -2.58. The van der Waals surface area contributed by atoms with Gasteiger partial charge in [0, 0.05) is 0 Å². The zero-order valence-corrected chi connectivity index (χ0v) is 10.3. The molecule has 0 heterocycles. The highest BCUT2D eigenvalue weighted by atomic mass is 16.2. The highest BCUT2D eigenvalue weighted by Gasteiger charge is 2.40. The lowest BCUT2D eigenvalue weighted by molar-refractivity contribution is -0.130. The highest BCUT2D eigenvalue weighted by Crippen LogP contribution is 2.30. The van der Waals surface area contributed by atoms with E-state index in [1.54, 1.807) is 0 Å². The summed E-state index contributed by atoms with van der Waals surface area (Å²) >= 11 is 0. The van der Waals surface area contributed by atoms with Crippen LogP contribution in [-0.4, -0.2) is 11.4 Å². The minimum absolute atomic E-state index is 0.000506. The van der Waals surface area contributed by atoms with E-state index >= 15 is 0 Å². The van der Waals surface area contributed by atoms with E-state index < -0.39 is 5.54 Å². The van der Waals surface area contributed by atoms with E-state index in [4.69, 9.17) is 5.73 Å². The van der Waals surface area contributed by atoms with Crippen molar-refractivity contribution in [2.75, 3.05) is 0 Å². The molecule has 0 saturated heterocycles. The van der Waals surface area contributed by atoms with Crippen LogP contribution in [0, 0.1) is 0 Å². The molecule has 1 atom stereocenters. The van der Waals surface area contributed by atoms with Gasteiger partial charge in [0.2, 0.25) is 5.91 Å². The van der Waals surface area contributed by atoms with Crippen LogP contribution in [0.3, 0.4) is 0 Å². The average molecular weight is 232 g/mol. The van der Waals surface area contributed by atoms with Gasteiger partial charge in [-0.25, -0.2) is 0 Å². The molecule has 1 amide bonds. The summed E-state index contributed by atoms with van der Waals surface area (Å²) in [5.74, 6) is -0.000506. The Morgan fingerprint density at radius 3 is 2.53 bits per heavy atom. The van der Waals surface area contributed by atoms with Crippen molar-refractivity contribution in [1.29, 1.82) is 0 Å². The third-order valence-electron chi connectivity index (χ3n) is 3.61. The molecule has 0 spiro atoms. The Morgan fingerprint density at radius 1 is 1.41 bits per heavy atom. The fourth-order valence-corrected chi connectivity index (χ4v) is 2.19. The summed E-state index contributed by atoms with van der Waals surface area (Å²) in [4.78, 5) is 12.1. The Bertz CT molecular complexity index is 384. The lowest BCUT2D eigenvalue weighted by atomic mass is 9.77. The van der Waals surface area contributed by atoms with Crippen LogP contribution >= 0.6 is 0 Å². The number of nitrogens with one attached hydrogen (secondary N) is 1. The molecule has 1 aromatic rings. The molecule has 2 rings (SSSR count). The van der Waals surface area contributed by atoms with Gasteiger partial charge >= 0.3 is 0 Å². The van der Waals surface area contributed by atoms with Crippen molar-refractivity contribution in [2.24, 2.45) is 5.73 Å². The topological polar surface area (TPSA) is 55.1 Å². The first-order chi connectivity index (χ1) is 8.15. The van der Waals surface area contributed by atoms with Gasteiger partial charge in [-0.05, 0) is 31.2 Å². The van der Waals surface area contributed by atoms with E-state index in [1.807, 2.05) is 30.3 Å². The molecule has 1 aliphatic rings. The number of benzene rings is 1. The molecule has 92 valence electrons. The number of hydrogen-bond donors (Lipinski definition) is 2. The van der Waals surface area contributed by atoms with Gasteiger partial charge in [0.25, 0.3) is 0 Å². The fourth-order valence-electron chi connectivity index (χ4n) is 2.19. The second-order valence-corrected chi connectivity index (χ2v) is 4.85. The standard InChI is InChI=1S/C14H20N2O/c1-2-12(11-7-4-3-5-8-11)16-13(17)14(15)9-6-10-14/h3-5,7-8,12H,2,6,9-10,15H2,1H3,(H,16,17). The second-order valence-electron chi connectivity index (χ2n) is 4.85. The van der Waals surface area contributed by atoms with Crippen molar-refractivity contribution in [3.63, 3.8) is 0 Å². The first-order valence-corrected chi connectivity index (χ1v) is 6.30. The average Bonchev–Trinajstić information content (AvgIpc) is 2.33. The van der Waals surface area contributed by atoms with E-state index in [0.29, 0.717) is 0 Å². The molecule has 17 heavy (non-hydrogen) atoms. The van der Waals surface area contributed by atoms with Crippen LogP contribution in [0.1, 0.15) is 44.2 Å². The summed E-state index contributed by atoms with van der Waals surface area (Å²) in [6, 6.07) is 10.1. The summed E-state index contributed by atoms with van der Waals surface area (Å²) < 4.78 is 0. The number of nitrogens with two attached hydrogens (primary N) is 1. The van der Waals surface area contributed by atoms with Crippen LogP contribution in [0.4, 0.5) is 0 Å². The Hall–Kier alpha value is -1.35. The Balaban J connectivity index is 2.03. The Labute approximate surface area is 102 Å². The van der Waals surface area contributed by atoms with Gasteiger partial charge in [-0.2, -0.15) is 0 Å². The van der Waals surface area contributed by atoms with E-state index in [9.17, 15) is 4.79 Å². The number of carbonyl (C=O) groups is 1. The van der Waals surface area contributed by atoms with Gasteiger partial charge in [-0.3, -0.25) is 4.79 Å². The minimum atomic E-state index is -0.609. The molecule has 1 fully saturated rings. The van der Waals surface area contributed by atoms with Gasteiger partial charge in [-0.15, -0.1) is 0 Å². The zero-order chi connectivity index (χ0) is 12.3. The molecule has 3 heteroatoms. The molecule has 0 aliphatic heterocycles. The molecular formula is C14H20N2O. The van der Waals surface area contributed by atoms with Crippen LogP contribution in [-0.2, 0) is 4.79 Å². The Morgan fingerprint density at radius 2 is 2.06 bits per heavy atom. The van der Waals surface area contributed by atoms with Crippen LogP contribution in [0.5, 0.6) is 0 Å². The predicted octanol–water partition coefficient (Wildman–Crippen LogP) is 2.14. The molecule has 1 aliphatic carbocycles. The summed E-state index contributed by atoms with van der Waals surface area (Å²) in [7, 11) is 0. The maximum Gasteiger partial charge on any atom is 0.240 e. The van der Waals surface area contributed by atoms with Gasteiger partial charge in [0.15, 0.2) is 0 Å². The van der Waals surface area contributed by atoms with Crippen molar-refractivity contribution in [2.45, 2.75) is 44.2 Å². The maximum atomic E-state index is 12.1. The summed E-state index contributed by atoms with van der Waals surface area (Å²) in [6.07, 6.45) is 3.56. The predicted molar refractivity (Wildman–Crippen MR) is 68.4 cm³/mol. The number of rotatable bonds is 4. The number of hydrogen-bond acceptors (Lipinski definition) is 2. The van der Waals surface area contributed by atoms with E-state index in [-0.39, 0.29) is 11.9 Å². The van der Waals surface area contributed by atoms with E-state index in [2.05, 4.69) is 12.2 Å². The summed E-state index contributed by atoms with van der Waals surface area (Å²) in [6.45, 7) is 2.07. The minimum Gasteiger partial charge on any atom is -0.348 e. The van der Waals surface area contributed by atoms with Crippen LogP contribution in [0.2, 0.25) is 0 Å². The van der Waals surface area contributed by atoms with Gasteiger partial charge in [0.1, 0.15) is 0 Å². The third kappa shape index (κ3) is 2.50. The van der Waals surface area contributed by atoms with Crippen LogP contribution in [0.15, 0.2) is 30.3 Å².